The lowest BCUT2D eigenvalue weighted by molar-refractivity contribution is 0.457. The minimum absolute atomic E-state index is 0.263. The summed E-state index contributed by atoms with van der Waals surface area (Å²) < 4.78 is 21.9. The van der Waals surface area contributed by atoms with Gasteiger partial charge in [-0.15, -0.1) is 0 Å². The van der Waals surface area contributed by atoms with E-state index in [0.717, 1.165) is 5.92 Å². The fourth-order valence-corrected chi connectivity index (χ4v) is 2.63. The average molecular weight is 233 g/mol. The van der Waals surface area contributed by atoms with E-state index in [4.69, 9.17) is 0 Å². The van der Waals surface area contributed by atoms with Crippen molar-refractivity contribution >= 4 is 9.84 Å². The van der Waals surface area contributed by atoms with Gasteiger partial charge >= 0.3 is 0 Å². The van der Waals surface area contributed by atoms with Gasteiger partial charge in [-0.1, -0.05) is 19.8 Å². The molecule has 1 saturated carbocycles. The fraction of sp³-hybridized carbons (Fsp3) is 1.00. The van der Waals surface area contributed by atoms with Crippen LogP contribution in [0, 0.1) is 5.92 Å². The van der Waals surface area contributed by atoms with E-state index in [1.54, 1.807) is 0 Å². The van der Waals surface area contributed by atoms with E-state index in [1.165, 1.54) is 38.4 Å². The summed E-state index contributed by atoms with van der Waals surface area (Å²) in [5, 5.41) is 3.36. The zero-order valence-corrected chi connectivity index (χ0v) is 10.6. The van der Waals surface area contributed by atoms with E-state index in [0.29, 0.717) is 12.6 Å². The molecule has 1 N–H and O–H groups in total. The van der Waals surface area contributed by atoms with Crippen molar-refractivity contribution < 1.29 is 8.42 Å². The van der Waals surface area contributed by atoms with Gasteiger partial charge in [-0.25, -0.2) is 8.42 Å². The van der Waals surface area contributed by atoms with Crippen LogP contribution in [-0.2, 0) is 9.84 Å². The number of hydrogen-bond donors (Lipinski definition) is 1. The Morgan fingerprint density at radius 3 is 2.60 bits per heavy atom. The molecular weight excluding hydrogens is 210 g/mol. The Bertz CT molecular complexity index is 274. The maximum atomic E-state index is 11.0. The topological polar surface area (TPSA) is 46.2 Å². The molecule has 0 aromatic heterocycles. The molecule has 2 atom stereocenters. The minimum atomic E-state index is -2.81. The molecule has 1 rings (SSSR count). The molecule has 0 aromatic rings. The first-order valence-corrected chi connectivity index (χ1v) is 7.94. The molecule has 0 spiro atoms. The maximum Gasteiger partial charge on any atom is 0.148 e. The molecule has 0 heterocycles. The lowest BCUT2D eigenvalue weighted by Crippen LogP contribution is -2.32. The molecule has 1 aliphatic rings. The Kier molecular flexibility index (Phi) is 5.06. The molecule has 1 aliphatic carbocycles. The van der Waals surface area contributed by atoms with Gasteiger partial charge in [0.25, 0.3) is 0 Å². The van der Waals surface area contributed by atoms with E-state index in [1.807, 2.05) is 0 Å². The highest BCUT2D eigenvalue weighted by atomic mass is 32.2. The van der Waals surface area contributed by atoms with Crippen molar-refractivity contribution in [1.82, 2.24) is 5.32 Å². The molecule has 0 aliphatic heterocycles. The van der Waals surface area contributed by atoms with Gasteiger partial charge in [-0.3, -0.25) is 0 Å². The van der Waals surface area contributed by atoms with Crippen LogP contribution in [0.2, 0.25) is 0 Å². The quantitative estimate of drug-likeness (QED) is 0.750. The highest BCUT2D eigenvalue weighted by molar-refractivity contribution is 7.90. The van der Waals surface area contributed by atoms with Crippen molar-refractivity contribution in [1.29, 1.82) is 0 Å². The Hall–Kier alpha value is -0.0900. The second kappa shape index (κ2) is 5.85. The number of hydrogen-bond acceptors (Lipinski definition) is 3. The number of rotatable bonds is 4. The first-order chi connectivity index (χ1) is 6.97. The molecule has 0 amide bonds. The minimum Gasteiger partial charge on any atom is -0.313 e. The predicted octanol–water partition coefficient (Wildman–Crippen LogP) is 1.59. The zero-order chi connectivity index (χ0) is 11.3. The van der Waals surface area contributed by atoms with Crippen molar-refractivity contribution in [3.8, 4) is 0 Å². The van der Waals surface area contributed by atoms with Gasteiger partial charge in [0.2, 0.25) is 0 Å². The van der Waals surface area contributed by atoms with Gasteiger partial charge in [-0.05, 0) is 25.2 Å². The third kappa shape index (κ3) is 6.15. The maximum absolute atomic E-state index is 11.0. The fourth-order valence-electron chi connectivity index (χ4n) is 2.14. The molecule has 1 fully saturated rings. The van der Waals surface area contributed by atoms with Crippen LogP contribution >= 0.6 is 0 Å². The number of sulfone groups is 1. The van der Waals surface area contributed by atoms with E-state index in [-0.39, 0.29) is 5.75 Å². The Morgan fingerprint density at radius 1 is 1.20 bits per heavy atom. The molecule has 90 valence electrons. The van der Waals surface area contributed by atoms with Gasteiger partial charge in [0.15, 0.2) is 0 Å². The Morgan fingerprint density at radius 2 is 1.93 bits per heavy atom. The van der Waals surface area contributed by atoms with Crippen LogP contribution in [0.5, 0.6) is 0 Å². The van der Waals surface area contributed by atoms with Crippen LogP contribution in [0.25, 0.3) is 0 Å². The highest BCUT2D eigenvalue weighted by Gasteiger charge is 2.15. The van der Waals surface area contributed by atoms with Crippen LogP contribution in [0.4, 0.5) is 0 Å². The number of nitrogens with one attached hydrogen (secondary N) is 1. The lowest BCUT2D eigenvalue weighted by Gasteiger charge is -2.15. The first-order valence-electron chi connectivity index (χ1n) is 5.88. The monoisotopic (exact) mass is 233 g/mol. The third-order valence-corrected chi connectivity index (χ3v) is 4.11. The molecule has 4 heteroatoms. The zero-order valence-electron chi connectivity index (χ0n) is 9.83. The standard InChI is InChI=1S/C11H23NO2S/c1-10-4-3-5-11(7-6-10)12-8-9-15(2,13)14/h10-12H,3-9H2,1-2H3. The van der Waals surface area contributed by atoms with Crippen LogP contribution in [0.1, 0.15) is 39.0 Å². The summed E-state index contributed by atoms with van der Waals surface area (Å²) in [6, 6.07) is 0.539. The molecule has 0 aromatic carbocycles. The van der Waals surface area contributed by atoms with Crippen molar-refractivity contribution in [2.75, 3.05) is 18.6 Å². The van der Waals surface area contributed by atoms with Crippen molar-refractivity contribution in [3.63, 3.8) is 0 Å². The smallest absolute Gasteiger partial charge is 0.148 e. The molecule has 0 radical (unpaired) electrons. The summed E-state index contributed by atoms with van der Waals surface area (Å²) in [4.78, 5) is 0. The van der Waals surface area contributed by atoms with Gasteiger partial charge in [0.05, 0.1) is 5.75 Å². The Labute approximate surface area is 93.6 Å². The molecule has 2 unspecified atom stereocenters. The molecular formula is C11H23NO2S. The van der Waals surface area contributed by atoms with E-state index in [2.05, 4.69) is 12.2 Å². The molecule has 15 heavy (non-hydrogen) atoms. The van der Waals surface area contributed by atoms with Crippen molar-refractivity contribution in [2.24, 2.45) is 5.92 Å². The summed E-state index contributed by atoms with van der Waals surface area (Å²) in [6.45, 7) is 2.91. The summed E-state index contributed by atoms with van der Waals surface area (Å²) in [5.41, 5.74) is 0. The molecule has 0 saturated heterocycles. The van der Waals surface area contributed by atoms with Crippen LogP contribution in [0.3, 0.4) is 0 Å². The van der Waals surface area contributed by atoms with E-state index in [9.17, 15) is 8.42 Å². The second-order valence-electron chi connectivity index (χ2n) is 4.89. The second-order valence-corrected chi connectivity index (χ2v) is 7.15. The molecule has 0 bridgehead atoms. The lowest BCUT2D eigenvalue weighted by atomic mass is 10.0. The van der Waals surface area contributed by atoms with Crippen LogP contribution in [0.15, 0.2) is 0 Å². The first kappa shape index (κ1) is 13.0. The third-order valence-electron chi connectivity index (χ3n) is 3.16. The van der Waals surface area contributed by atoms with Gasteiger partial charge in [-0.2, -0.15) is 0 Å². The largest absolute Gasteiger partial charge is 0.313 e. The van der Waals surface area contributed by atoms with Crippen molar-refractivity contribution in [2.45, 2.75) is 45.1 Å². The van der Waals surface area contributed by atoms with E-state index >= 15 is 0 Å². The van der Waals surface area contributed by atoms with Gasteiger partial charge in [0, 0.05) is 18.8 Å². The van der Waals surface area contributed by atoms with Gasteiger partial charge < -0.3 is 5.32 Å². The normalized spacial score (nSPS) is 28.7. The van der Waals surface area contributed by atoms with Crippen molar-refractivity contribution in [3.05, 3.63) is 0 Å². The van der Waals surface area contributed by atoms with Crippen LogP contribution in [-0.4, -0.2) is 33.0 Å². The Balaban J connectivity index is 2.21. The summed E-state index contributed by atoms with van der Waals surface area (Å²) in [6.07, 6.45) is 7.57. The van der Waals surface area contributed by atoms with E-state index < -0.39 is 9.84 Å². The van der Waals surface area contributed by atoms with Gasteiger partial charge in [0.1, 0.15) is 9.84 Å². The van der Waals surface area contributed by atoms with Crippen LogP contribution < -0.4 is 5.32 Å². The highest BCUT2D eigenvalue weighted by Crippen LogP contribution is 2.22. The SMILES string of the molecule is CC1CCCC(NCCS(C)(=O)=O)CC1. The summed E-state index contributed by atoms with van der Waals surface area (Å²) >= 11 is 0. The average Bonchev–Trinajstić information content (AvgIpc) is 2.29. The predicted molar refractivity (Wildman–Crippen MR) is 63.8 cm³/mol. The molecule has 3 nitrogen and oxygen atoms in total. The summed E-state index contributed by atoms with van der Waals surface area (Å²) in [7, 11) is -2.81. The summed E-state index contributed by atoms with van der Waals surface area (Å²) in [5.74, 6) is 1.10.